The normalized spacial score (nSPS) is 10.1. The van der Waals surface area contributed by atoms with Gasteiger partial charge in [0.2, 0.25) is 0 Å². The topological polar surface area (TPSA) is 66.8 Å². The molecule has 4 nitrogen and oxygen atoms in total. The number of carbonyl (C=O) groups excluding carboxylic acids is 1. The third-order valence-electron chi connectivity index (χ3n) is 2.21. The fraction of sp³-hybridized carbons (Fsp3) is 0.222. The van der Waals surface area contributed by atoms with E-state index in [1.807, 2.05) is 0 Å². The van der Waals surface area contributed by atoms with E-state index in [-0.39, 0.29) is 11.1 Å². The highest BCUT2D eigenvalue weighted by atomic mass is 19.3. The first-order chi connectivity index (χ1) is 6.91. The summed E-state index contributed by atoms with van der Waals surface area (Å²) < 4.78 is 24.8. The average molecular weight is 218 g/mol. The van der Waals surface area contributed by atoms with Gasteiger partial charge in [0.25, 0.3) is 0 Å². The fourth-order valence-electron chi connectivity index (χ4n) is 1.22. The molecule has 0 aliphatic rings. The highest BCUT2D eigenvalue weighted by molar-refractivity contribution is 5.95. The molecule has 6 heteroatoms. The number of hydrogen-bond donors (Lipinski definition) is 2. The molecule has 0 atom stereocenters. The molecule has 0 unspecified atom stereocenters. The van der Waals surface area contributed by atoms with E-state index in [1.165, 1.54) is 13.8 Å². The van der Waals surface area contributed by atoms with Crippen molar-refractivity contribution in [3.63, 3.8) is 0 Å². The lowest BCUT2D eigenvalue weighted by molar-refractivity contribution is -0.0791. The summed E-state index contributed by atoms with van der Waals surface area (Å²) in [5, 5.41) is 18.3. The van der Waals surface area contributed by atoms with Crippen LogP contribution >= 0.6 is 0 Å². The van der Waals surface area contributed by atoms with Crippen molar-refractivity contribution in [2.75, 3.05) is 0 Å². The van der Waals surface area contributed by atoms with E-state index >= 15 is 0 Å². The molecule has 1 aromatic rings. The first-order valence-electron chi connectivity index (χ1n) is 3.95. The molecule has 0 fully saturated rings. The molecule has 15 heavy (non-hydrogen) atoms. The molecule has 1 aromatic carbocycles. The molecule has 0 saturated carbocycles. The summed E-state index contributed by atoms with van der Waals surface area (Å²) >= 11 is 0. The van der Waals surface area contributed by atoms with Crippen molar-refractivity contribution < 1.29 is 28.9 Å². The van der Waals surface area contributed by atoms with Crippen LogP contribution in [0.25, 0.3) is 0 Å². The van der Waals surface area contributed by atoms with E-state index in [4.69, 9.17) is 5.11 Å². The summed E-state index contributed by atoms with van der Waals surface area (Å²) in [6.45, 7) is 2.57. The third kappa shape index (κ3) is 1.58. The van der Waals surface area contributed by atoms with E-state index in [2.05, 4.69) is 4.94 Å². The molecule has 0 saturated heterocycles. The first kappa shape index (κ1) is 11.2. The number of halogens is 2. The smallest absolute Gasteiger partial charge is 0.383 e. The predicted molar refractivity (Wildman–Crippen MR) is 45.7 cm³/mol. The molecule has 0 aliphatic carbocycles. The Morgan fingerprint density at radius 2 is 1.73 bits per heavy atom. The van der Waals surface area contributed by atoms with Crippen molar-refractivity contribution in [3.05, 3.63) is 22.5 Å². The summed E-state index contributed by atoms with van der Waals surface area (Å²) in [4.78, 5) is 13.8. The molecule has 0 aliphatic heterocycles. The van der Waals surface area contributed by atoms with Gasteiger partial charge >= 0.3 is 5.97 Å². The van der Waals surface area contributed by atoms with E-state index < -0.39 is 28.8 Å². The van der Waals surface area contributed by atoms with Crippen LogP contribution in [-0.4, -0.2) is 16.2 Å². The van der Waals surface area contributed by atoms with Crippen LogP contribution in [0.5, 0.6) is 11.5 Å². The van der Waals surface area contributed by atoms with Crippen LogP contribution in [-0.2, 0) is 4.94 Å². The summed E-state index contributed by atoms with van der Waals surface area (Å²) in [7, 11) is 0. The Morgan fingerprint density at radius 3 is 2.20 bits per heavy atom. The number of carbonyl (C=O) groups is 1. The number of hydrogen-bond acceptors (Lipinski definition) is 4. The minimum atomic E-state index is -1.48. The van der Waals surface area contributed by atoms with E-state index in [0.29, 0.717) is 0 Å². The summed E-state index contributed by atoms with van der Waals surface area (Å²) in [6, 6.07) is 0. The van der Waals surface area contributed by atoms with Gasteiger partial charge in [-0.1, -0.05) is 0 Å². The number of phenols is 2. The van der Waals surface area contributed by atoms with Gasteiger partial charge in [-0.2, -0.15) is 0 Å². The highest BCUT2D eigenvalue weighted by Crippen LogP contribution is 2.37. The van der Waals surface area contributed by atoms with Crippen LogP contribution in [0, 0.1) is 19.7 Å². The molecule has 82 valence electrons. The predicted octanol–water partition coefficient (Wildman–Crippen LogP) is 1.90. The highest BCUT2D eigenvalue weighted by Gasteiger charge is 2.25. The Balaban J connectivity index is 3.60. The Kier molecular flexibility index (Phi) is 2.78. The number of aromatic hydroxyl groups is 2. The lowest BCUT2D eigenvalue weighted by atomic mass is 10.0. The molecule has 0 aromatic heterocycles. The molecule has 0 bridgehead atoms. The number of benzene rings is 1. The van der Waals surface area contributed by atoms with Crippen molar-refractivity contribution in [1.29, 1.82) is 0 Å². The van der Waals surface area contributed by atoms with Crippen molar-refractivity contribution >= 4 is 5.97 Å². The number of phenolic OH excluding ortho intramolecular Hbond substituents is 2. The van der Waals surface area contributed by atoms with Crippen molar-refractivity contribution in [2.24, 2.45) is 0 Å². The minimum absolute atomic E-state index is 0.00505. The van der Waals surface area contributed by atoms with Crippen LogP contribution in [0.3, 0.4) is 0 Å². The van der Waals surface area contributed by atoms with Crippen molar-refractivity contribution in [2.45, 2.75) is 13.8 Å². The Bertz CT molecular complexity index is 400. The van der Waals surface area contributed by atoms with Gasteiger partial charge in [0.05, 0.1) is 0 Å². The molecule has 1 rings (SSSR count). The fourth-order valence-corrected chi connectivity index (χ4v) is 1.22. The molecule has 0 spiro atoms. The minimum Gasteiger partial charge on any atom is -0.504 e. The van der Waals surface area contributed by atoms with Gasteiger partial charge < -0.3 is 10.2 Å². The second-order valence-corrected chi connectivity index (χ2v) is 3.00. The van der Waals surface area contributed by atoms with Gasteiger partial charge in [0.15, 0.2) is 17.3 Å². The van der Waals surface area contributed by atoms with Gasteiger partial charge in [0.1, 0.15) is 5.56 Å². The SMILES string of the molecule is Cc1c(C)c(C(=O)OF)c(O)c(O)c1F. The average Bonchev–Trinajstić information content (AvgIpc) is 2.23. The third-order valence-corrected chi connectivity index (χ3v) is 2.21. The summed E-state index contributed by atoms with van der Waals surface area (Å²) in [5.41, 5.74) is -0.648. The molecular weight excluding hydrogens is 210 g/mol. The van der Waals surface area contributed by atoms with E-state index in [9.17, 15) is 18.8 Å². The van der Waals surface area contributed by atoms with Crippen LogP contribution in [0.2, 0.25) is 0 Å². The van der Waals surface area contributed by atoms with Gasteiger partial charge in [0, 0.05) is 4.53 Å². The maximum atomic E-state index is 13.1. The standard InChI is InChI=1S/C9H8F2O4/c1-3-4(2)6(10)8(13)7(12)5(3)9(14)15-11/h12-13H,1-2H3. The zero-order valence-corrected chi connectivity index (χ0v) is 7.97. The quantitative estimate of drug-likeness (QED) is 0.706. The van der Waals surface area contributed by atoms with Crippen LogP contribution < -0.4 is 0 Å². The van der Waals surface area contributed by atoms with E-state index in [0.717, 1.165) is 0 Å². The van der Waals surface area contributed by atoms with Gasteiger partial charge in [-0.05, 0) is 25.0 Å². The van der Waals surface area contributed by atoms with Crippen LogP contribution in [0.15, 0.2) is 0 Å². The second kappa shape index (κ2) is 3.72. The molecule has 0 amide bonds. The van der Waals surface area contributed by atoms with Crippen LogP contribution in [0.4, 0.5) is 8.92 Å². The zero-order chi connectivity index (χ0) is 11.7. The summed E-state index contributed by atoms with van der Waals surface area (Å²) in [6.07, 6.45) is 0. The molecule has 2 N–H and O–H groups in total. The van der Waals surface area contributed by atoms with Crippen molar-refractivity contribution in [3.8, 4) is 11.5 Å². The number of rotatable bonds is 1. The molecule has 0 heterocycles. The maximum absolute atomic E-state index is 13.1. The summed E-state index contributed by atoms with van der Waals surface area (Å²) in [5.74, 6) is -4.67. The zero-order valence-electron chi connectivity index (χ0n) is 7.97. The Labute approximate surface area is 83.6 Å². The lowest BCUT2D eigenvalue weighted by Gasteiger charge is -2.10. The molecular formula is C9H8F2O4. The maximum Gasteiger partial charge on any atom is 0.383 e. The Hall–Kier alpha value is -1.85. The Morgan fingerprint density at radius 1 is 1.20 bits per heavy atom. The second-order valence-electron chi connectivity index (χ2n) is 3.00. The van der Waals surface area contributed by atoms with Gasteiger partial charge in [-0.3, -0.25) is 0 Å². The van der Waals surface area contributed by atoms with E-state index in [1.54, 1.807) is 0 Å². The monoisotopic (exact) mass is 218 g/mol. The lowest BCUT2D eigenvalue weighted by Crippen LogP contribution is -2.05. The molecule has 0 radical (unpaired) electrons. The van der Waals surface area contributed by atoms with Crippen LogP contribution in [0.1, 0.15) is 21.5 Å². The van der Waals surface area contributed by atoms with Gasteiger partial charge in [-0.15, -0.1) is 0 Å². The largest absolute Gasteiger partial charge is 0.504 e. The van der Waals surface area contributed by atoms with Gasteiger partial charge in [-0.25, -0.2) is 14.1 Å². The van der Waals surface area contributed by atoms with Crippen molar-refractivity contribution in [1.82, 2.24) is 0 Å². The first-order valence-corrected chi connectivity index (χ1v) is 3.95.